The van der Waals surface area contributed by atoms with Crippen molar-refractivity contribution in [2.75, 3.05) is 0 Å². The number of hydrogen-bond donors (Lipinski definition) is 0. The Morgan fingerprint density at radius 3 is 2.24 bits per heavy atom. The van der Waals surface area contributed by atoms with Gasteiger partial charge in [0.05, 0.1) is 5.56 Å². The molecule has 3 aromatic heterocycles. The first-order valence-electron chi connectivity index (χ1n) is 12.0. The molecule has 0 aliphatic rings. The van der Waals surface area contributed by atoms with Crippen molar-refractivity contribution in [1.29, 1.82) is 0 Å². The summed E-state index contributed by atoms with van der Waals surface area (Å²) in [4.78, 5) is 14.0. The summed E-state index contributed by atoms with van der Waals surface area (Å²) < 4.78 is 18.0. The van der Waals surface area contributed by atoms with Gasteiger partial charge in [-0.15, -0.1) is 0 Å². The van der Waals surface area contributed by atoms with Crippen LogP contribution in [0.1, 0.15) is 22.6 Å². The maximum Gasteiger partial charge on any atom is 0.229 e. The van der Waals surface area contributed by atoms with Crippen molar-refractivity contribution in [2.24, 2.45) is 0 Å². The first kappa shape index (κ1) is 21.3. The van der Waals surface area contributed by atoms with Crippen molar-refractivity contribution in [3.8, 4) is 22.9 Å². The minimum Gasteiger partial charge on any atom is -0.437 e. The molecule has 7 rings (SSSR count). The number of hydrogen-bond acceptors (Lipinski definition) is 6. The highest BCUT2D eigenvalue weighted by Crippen LogP contribution is 2.34. The lowest BCUT2D eigenvalue weighted by atomic mass is 10.1. The van der Waals surface area contributed by atoms with Gasteiger partial charge in [-0.1, -0.05) is 36.4 Å². The number of rotatable bonds is 4. The number of fused-ring (bicyclic) bond motifs is 3. The maximum atomic E-state index is 6.03. The average molecular weight is 484 g/mol. The molecule has 0 fully saturated rings. The number of benzene rings is 4. The van der Waals surface area contributed by atoms with Crippen LogP contribution in [0, 0.1) is 13.8 Å². The molecule has 6 heteroatoms. The highest BCUT2D eigenvalue weighted by molar-refractivity contribution is 5.92. The van der Waals surface area contributed by atoms with E-state index in [1.807, 2.05) is 105 Å². The summed E-state index contributed by atoms with van der Waals surface area (Å²) in [5, 5.41) is 0. The predicted octanol–water partition coefficient (Wildman–Crippen LogP) is 8.23. The monoisotopic (exact) mass is 483 g/mol. The molecule has 6 nitrogen and oxygen atoms in total. The molecule has 4 aromatic carbocycles. The summed E-state index contributed by atoms with van der Waals surface area (Å²) in [7, 11) is 0. The second kappa shape index (κ2) is 8.31. The molecule has 37 heavy (non-hydrogen) atoms. The number of nitrogens with zero attached hydrogens (tertiary/aromatic N) is 3. The molecule has 0 radical (unpaired) electrons. The minimum absolute atomic E-state index is 0.511. The standard InChI is InChI=1S/C31H21N3O3/c1-18-7-14-25-23(17-18)33-30(36-25)21-12-9-20(10-13-21)11-16-27-34-29-26(35-27)15-8-19(2)28(29)31-32-22-5-3-4-6-24(22)37-31/h3-17H,1-2H3. The molecule has 3 heterocycles. The molecule has 7 aromatic rings. The van der Waals surface area contributed by atoms with E-state index in [0.29, 0.717) is 23.3 Å². The second-order valence-corrected chi connectivity index (χ2v) is 9.09. The number of aromatic nitrogens is 3. The van der Waals surface area contributed by atoms with E-state index in [-0.39, 0.29) is 0 Å². The molecule has 0 atom stereocenters. The molecule has 0 spiro atoms. The Hall–Kier alpha value is -4.97. The van der Waals surface area contributed by atoms with Crippen molar-refractivity contribution >= 4 is 45.5 Å². The van der Waals surface area contributed by atoms with E-state index < -0.39 is 0 Å². The Bertz CT molecular complexity index is 1920. The fraction of sp³-hybridized carbons (Fsp3) is 0.0645. The second-order valence-electron chi connectivity index (χ2n) is 9.09. The van der Waals surface area contributed by atoms with Crippen LogP contribution in [0.5, 0.6) is 0 Å². The van der Waals surface area contributed by atoms with Crippen LogP contribution in [0.4, 0.5) is 0 Å². The first-order chi connectivity index (χ1) is 18.1. The largest absolute Gasteiger partial charge is 0.437 e. The Labute approximate surface area is 211 Å². The van der Waals surface area contributed by atoms with Gasteiger partial charge in [0.2, 0.25) is 17.7 Å². The Balaban J connectivity index is 1.19. The van der Waals surface area contributed by atoms with E-state index in [1.54, 1.807) is 0 Å². The highest BCUT2D eigenvalue weighted by Gasteiger charge is 2.18. The molecule has 178 valence electrons. The molecular weight excluding hydrogens is 462 g/mol. The summed E-state index contributed by atoms with van der Waals surface area (Å²) in [6, 6.07) is 25.7. The quantitative estimate of drug-likeness (QED) is 0.251. The lowest BCUT2D eigenvalue weighted by Gasteiger charge is -2.00. The van der Waals surface area contributed by atoms with Crippen molar-refractivity contribution in [3.63, 3.8) is 0 Å². The van der Waals surface area contributed by atoms with Crippen LogP contribution in [0.2, 0.25) is 0 Å². The van der Waals surface area contributed by atoms with E-state index in [2.05, 4.69) is 9.97 Å². The number of para-hydroxylation sites is 2. The van der Waals surface area contributed by atoms with Gasteiger partial charge in [-0.3, -0.25) is 0 Å². The van der Waals surface area contributed by atoms with Gasteiger partial charge in [-0.05, 0) is 79.1 Å². The molecule has 0 bridgehead atoms. The Morgan fingerprint density at radius 1 is 0.622 bits per heavy atom. The Morgan fingerprint density at radius 2 is 1.38 bits per heavy atom. The number of oxazole rings is 3. The molecular formula is C31H21N3O3. The van der Waals surface area contributed by atoms with E-state index >= 15 is 0 Å². The zero-order valence-corrected chi connectivity index (χ0v) is 20.2. The zero-order valence-electron chi connectivity index (χ0n) is 20.2. The van der Waals surface area contributed by atoms with Crippen LogP contribution in [0.25, 0.3) is 68.4 Å². The third kappa shape index (κ3) is 3.79. The average Bonchev–Trinajstić information content (AvgIpc) is 3.63. The summed E-state index contributed by atoms with van der Waals surface area (Å²) in [5.41, 5.74) is 9.57. The molecule has 0 saturated carbocycles. The van der Waals surface area contributed by atoms with Gasteiger partial charge >= 0.3 is 0 Å². The first-order valence-corrected chi connectivity index (χ1v) is 12.0. The van der Waals surface area contributed by atoms with Gasteiger partial charge in [0.1, 0.15) is 16.6 Å². The van der Waals surface area contributed by atoms with Gasteiger partial charge < -0.3 is 13.3 Å². The third-order valence-corrected chi connectivity index (χ3v) is 6.41. The third-order valence-electron chi connectivity index (χ3n) is 6.41. The molecule has 0 aliphatic heterocycles. The molecule has 0 aliphatic carbocycles. The van der Waals surface area contributed by atoms with Gasteiger partial charge in [-0.25, -0.2) is 15.0 Å². The minimum atomic E-state index is 0.511. The SMILES string of the molecule is Cc1ccc2oc(-c3ccc(C=Cc4nc5c(-c6nc7ccccc7o6)c(C)ccc5o4)cc3)nc2c1. The topological polar surface area (TPSA) is 78.1 Å². The number of aryl methyl sites for hydroxylation is 2. The van der Waals surface area contributed by atoms with E-state index in [9.17, 15) is 0 Å². The maximum absolute atomic E-state index is 6.03. The van der Waals surface area contributed by atoms with Crippen LogP contribution in [0.3, 0.4) is 0 Å². The van der Waals surface area contributed by atoms with Crippen LogP contribution in [-0.4, -0.2) is 15.0 Å². The van der Waals surface area contributed by atoms with Crippen LogP contribution in [0.15, 0.2) is 92.1 Å². The van der Waals surface area contributed by atoms with Crippen LogP contribution in [-0.2, 0) is 0 Å². The van der Waals surface area contributed by atoms with Gasteiger partial charge in [0.25, 0.3) is 0 Å². The summed E-state index contributed by atoms with van der Waals surface area (Å²) in [5.74, 6) is 1.66. The normalized spacial score (nSPS) is 11.9. The van der Waals surface area contributed by atoms with Crippen LogP contribution >= 0.6 is 0 Å². The van der Waals surface area contributed by atoms with Crippen LogP contribution < -0.4 is 0 Å². The van der Waals surface area contributed by atoms with Crippen molar-refractivity contribution < 1.29 is 13.3 Å². The van der Waals surface area contributed by atoms with E-state index in [4.69, 9.17) is 18.2 Å². The predicted molar refractivity (Wildman–Crippen MR) is 145 cm³/mol. The summed E-state index contributed by atoms with van der Waals surface area (Å²) >= 11 is 0. The van der Waals surface area contributed by atoms with Crippen molar-refractivity contribution in [1.82, 2.24) is 15.0 Å². The van der Waals surface area contributed by atoms with Crippen molar-refractivity contribution in [2.45, 2.75) is 13.8 Å². The smallest absolute Gasteiger partial charge is 0.229 e. The molecule has 0 saturated heterocycles. The lowest BCUT2D eigenvalue weighted by Crippen LogP contribution is -1.85. The van der Waals surface area contributed by atoms with E-state index in [1.165, 1.54) is 0 Å². The van der Waals surface area contributed by atoms with E-state index in [0.717, 1.165) is 55.5 Å². The van der Waals surface area contributed by atoms with Gasteiger partial charge in [-0.2, -0.15) is 0 Å². The fourth-order valence-corrected chi connectivity index (χ4v) is 4.50. The summed E-state index contributed by atoms with van der Waals surface area (Å²) in [6.45, 7) is 4.07. The fourth-order valence-electron chi connectivity index (χ4n) is 4.50. The van der Waals surface area contributed by atoms with Crippen molar-refractivity contribution in [3.05, 3.63) is 101 Å². The molecule has 0 amide bonds. The summed E-state index contributed by atoms with van der Waals surface area (Å²) in [6.07, 6.45) is 3.83. The lowest BCUT2D eigenvalue weighted by molar-refractivity contribution is 0.589. The molecule has 0 N–H and O–H groups in total. The highest BCUT2D eigenvalue weighted by atomic mass is 16.4. The Kier molecular flexibility index (Phi) is 4.79. The van der Waals surface area contributed by atoms with Gasteiger partial charge in [0.15, 0.2) is 16.7 Å². The zero-order chi connectivity index (χ0) is 24.9. The van der Waals surface area contributed by atoms with Gasteiger partial charge in [0, 0.05) is 11.6 Å². The molecule has 0 unspecified atom stereocenters.